The van der Waals surface area contributed by atoms with Crippen molar-refractivity contribution >= 4 is 18.1 Å². The first-order chi connectivity index (χ1) is 12.0. The molecule has 0 radical (unpaired) electrons. The molecule has 0 fully saturated rings. The van der Waals surface area contributed by atoms with Crippen molar-refractivity contribution in [2.75, 3.05) is 14.2 Å². The van der Waals surface area contributed by atoms with Gasteiger partial charge in [-0.1, -0.05) is 6.08 Å². The van der Waals surface area contributed by atoms with E-state index in [1.807, 2.05) is 0 Å². The smallest absolute Gasteiger partial charge is 0.200 e. The Hall–Kier alpha value is -3.48. The number of ether oxygens (including phenoxy) is 2. The number of hydrogen-bond acceptors (Lipinski definition) is 6. The van der Waals surface area contributed by atoms with Crippen molar-refractivity contribution in [1.82, 2.24) is 0 Å². The van der Waals surface area contributed by atoms with Gasteiger partial charge in [0.2, 0.25) is 5.75 Å². The van der Waals surface area contributed by atoms with Crippen LogP contribution in [-0.2, 0) is 0 Å². The molecule has 2 rings (SSSR count). The molecular formula is C18H19N3O4. The van der Waals surface area contributed by atoms with E-state index in [9.17, 15) is 10.2 Å². The van der Waals surface area contributed by atoms with Gasteiger partial charge in [0, 0.05) is 11.8 Å². The average Bonchev–Trinajstić information content (AvgIpc) is 2.62. The number of phenolic OH excluding ortho intramolecular Hbond substituents is 2. The van der Waals surface area contributed by atoms with Gasteiger partial charge in [0.05, 0.1) is 14.2 Å². The standard InChI is InChI=1S/C18H19N3O4/c1-24-15-10-12(11-16(25-2)17(15)23)4-3-9-20-21-18(19)13-5-7-14(22)8-6-13/h3-11,22-23H,1-2H3,(H2,19,21)/b4-3+,20-9?. The minimum absolute atomic E-state index is 0.0536. The minimum Gasteiger partial charge on any atom is -0.508 e. The lowest BCUT2D eigenvalue weighted by molar-refractivity contribution is 0.340. The lowest BCUT2D eigenvalue weighted by Gasteiger charge is -2.09. The number of nitrogens with two attached hydrogens (primary N) is 1. The maximum atomic E-state index is 9.86. The molecule has 7 heteroatoms. The van der Waals surface area contributed by atoms with E-state index in [1.54, 1.807) is 36.4 Å². The second kappa shape index (κ2) is 8.39. The fourth-order valence-corrected chi connectivity index (χ4v) is 1.99. The number of allylic oxidation sites excluding steroid dienone is 1. The summed E-state index contributed by atoms with van der Waals surface area (Å²) >= 11 is 0. The molecule has 0 aromatic heterocycles. The van der Waals surface area contributed by atoms with E-state index < -0.39 is 0 Å². The van der Waals surface area contributed by atoms with Crippen molar-refractivity contribution < 1.29 is 19.7 Å². The van der Waals surface area contributed by atoms with Gasteiger partial charge in [0.25, 0.3) is 0 Å². The Bertz CT molecular complexity index is 787. The molecule has 7 nitrogen and oxygen atoms in total. The summed E-state index contributed by atoms with van der Waals surface area (Å²) in [6.07, 6.45) is 4.89. The van der Waals surface area contributed by atoms with E-state index in [2.05, 4.69) is 10.2 Å². The fourth-order valence-electron chi connectivity index (χ4n) is 1.99. The molecule has 2 aromatic rings. The van der Waals surface area contributed by atoms with E-state index in [1.165, 1.54) is 32.6 Å². The van der Waals surface area contributed by atoms with Crippen LogP contribution < -0.4 is 15.2 Å². The Kier molecular flexibility index (Phi) is 6.00. The summed E-state index contributed by atoms with van der Waals surface area (Å²) < 4.78 is 10.2. The van der Waals surface area contributed by atoms with Crippen molar-refractivity contribution in [3.63, 3.8) is 0 Å². The van der Waals surface area contributed by atoms with Crippen LogP contribution in [0.4, 0.5) is 0 Å². The normalized spacial score (nSPS) is 12.0. The van der Waals surface area contributed by atoms with Crippen LogP contribution in [0, 0.1) is 0 Å². The maximum absolute atomic E-state index is 9.86. The molecule has 0 saturated carbocycles. The van der Waals surface area contributed by atoms with E-state index in [-0.39, 0.29) is 17.3 Å². The van der Waals surface area contributed by atoms with E-state index in [0.29, 0.717) is 17.1 Å². The highest BCUT2D eigenvalue weighted by Crippen LogP contribution is 2.37. The molecule has 25 heavy (non-hydrogen) atoms. The molecule has 0 atom stereocenters. The Morgan fingerprint density at radius 2 is 1.64 bits per heavy atom. The number of aromatic hydroxyl groups is 2. The molecule has 0 spiro atoms. The third-order valence-electron chi connectivity index (χ3n) is 3.27. The highest BCUT2D eigenvalue weighted by atomic mass is 16.5. The van der Waals surface area contributed by atoms with Gasteiger partial charge in [-0.25, -0.2) is 0 Å². The van der Waals surface area contributed by atoms with Gasteiger partial charge in [0.15, 0.2) is 17.3 Å². The Labute approximate surface area is 145 Å². The summed E-state index contributed by atoms with van der Waals surface area (Å²) in [6, 6.07) is 9.66. The Morgan fingerprint density at radius 1 is 1.04 bits per heavy atom. The highest BCUT2D eigenvalue weighted by molar-refractivity contribution is 5.97. The van der Waals surface area contributed by atoms with Crippen LogP contribution in [-0.4, -0.2) is 36.5 Å². The monoisotopic (exact) mass is 341 g/mol. The van der Waals surface area contributed by atoms with Gasteiger partial charge in [-0.15, -0.1) is 5.10 Å². The Balaban J connectivity index is 2.08. The van der Waals surface area contributed by atoms with Crippen LogP contribution in [0.2, 0.25) is 0 Å². The predicted molar refractivity (Wildman–Crippen MR) is 97.6 cm³/mol. The molecule has 130 valence electrons. The summed E-state index contributed by atoms with van der Waals surface area (Å²) in [5.41, 5.74) is 7.22. The molecule has 0 bridgehead atoms. The van der Waals surface area contributed by atoms with Crippen LogP contribution in [0.3, 0.4) is 0 Å². The fraction of sp³-hybridized carbons (Fsp3) is 0.111. The predicted octanol–water partition coefficient (Wildman–Crippen LogP) is 2.52. The molecule has 0 saturated heterocycles. The van der Waals surface area contributed by atoms with E-state index in [0.717, 1.165) is 5.56 Å². The van der Waals surface area contributed by atoms with Gasteiger partial charge in [0.1, 0.15) is 5.75 Å². The van der Waals surface area contributed by atoms with Crippen LogP contribution in [0.5, 0.6) is 23.0 Å². The zero-order valence-electron chi connectivity index (χ0n) is 13.9. The lowest BCUT2D eigenvalue weighted by atomic mass is 10.1. The lowest BCUT2D eigenvalue weighted by Crippen LogP contribution is -2.12. The number of phenols is 2. The molecule has 0 aliphatic heterocycles. The van der Waals surface area contributed by atoms with Crippen molar-refractivity contribution in [3.05, 3.63) is 53.6 Å². The van der Waals surface area contributed by atoms with Crippen molar-refractivity contribution in [2.45, 2.75) is 0 Å². The molecule has 0 aliphatic carbocycles. The van der Waals surface area contributed by atoms with Crippen molar-refractivity contribution in [1.29, 1.82) is 0 Å². The molecule has 0 heterocycles. The number of rotatable bonds is 6. The van der Waals surface area contributed by atoms with Gasteiger partial charge < -0.3 is 25.4 Å². The first kappa shape index (κ1) is 17.9. The van der Waals surface area contributed by atoms with Crippen molar-refractivity contribution in [2.24, 2.45) is 15.9 Å². The number of amidine groups is 1. The molecule has 2 aromatic carbocycles. The largest absolute Gasteiger partial charge is 0.508 e. The average molecular weight is 341 g/mol. The second-order valence-electron chi connectivity index (χ2n) is 4.93. The summed E-state index contributed by atoms with van der Waals surface area (Å²) in [7, 11) is 2.93. The molecular weight excluding hydrogens is 322 g/mol. The van der Waals surface area contributed by atoms with Gasteiger partial charge in [-0.05, 0) is 48.0 Å². The summed E-state index contributed by atoms with van der Waals surface area (Å²) in [5, 5.41) is 26.8. The maximum Gasteiger partial charge on any atom is 0.200 e. The third kappa shape index (κ3) is 4.74. The Morgan fingerprint density at radius 3 is 2.20 bits per heavy atom. The molecule has 0 unspecified atom stereocenters. The van der Waals surface area contributed by atoms with Crippen LogP contribution >= 0.6 is 0 Å². The van der Waals surface area contributed by atoms with Crippen LogP contribution in [0.25, 0.3) is 6.08 Å². The molecule has 0 amide bonds. The van der Waals surface area contributed by atoms with E-state index in [4.69, 9.17) is 15.2 Å². The highest BCUT2D eigenvalue weighted by Gasteiger charge is 2.09. The zero-order chi connectivity index (χ0) is 18.2. The molecule has 0 aliphatic rings. The summed E-state index contributed by atoms with van der Waals surface area (Å²) in [4.78, 5) is 0. The van der Waals surface area contributed by atoms with Crippen molar-refractivity contribution in [3.8, 4) is 23.0 Å². The van der Waals surface area contributed by atoms with E-state index >= 15 is 0 Å². The number of benzene rings is 2. The SMILES string of the molecule is COc1cc(/C=C/C=NN=C(N)c2ccc(O)cc2)cc(OC)c1O. The van der Waals surface area contributed by atoms with Gasteiger partial charge >= 0.3 is 0 Å². The second-order valence-corrected chi connectivity index (χ2v) is 4.93. The first-order valence-electron chi connectivity index (χ1n) is 7.32. The minimum atomic E-state index is -0.0536. The molecule has 4 N–H and O–H groups in total. The van der Waals surface area contributed by atoms with Crippen LogP contribution in [0.1, 0.15) is 11.1 Å². The van der Waals surface area contributed by atoms with Crippen LogP contribution in [0.15, 0.2) is 52.7 Å². The topological polar surface area (TPSA) is 110 Å². The summed E-state index contributed by atoms with van der Waals surface area (Å²) in [6.45, 7) is 0. The number of nitrogens with zero attached hydrogens (tertiary/aromatic N) is 2. The number of methoxy groups -OCH3 is 2. The zero-order valence-corrected chi connectivity index (χ0v) is 13.9. The summed E-state index contributed by atoms with van der Waals surface area (Å²) in [5.74, 6) is 0.957. The van der Waals surface area contributed by atoms with Gasteiger partial charge in [-0.2, -0.15) is 5.10 Å². The number of hydrogen-bond donors (Lipinski definition) is 3. The first-order valence-corrected chi connectivity index (χ1v) is 7.32. The van der Waals surface area contributed by atoms with Gasteiger partial charge in [-0.3, -0.25) is 0 Å². The quantitative estimate of drug-likeness (QED) is 0.425. The third-order valence-corrected chi connectivity index (χ3v) is 3.27.